The van der Waals surface area contributed by atoms with Crippen molar-refractivity contribution in [1.82, 2.24) is 0 Å². The minimum absolute atomic E-state index is 0.0721. The molecule has 3 rings (SSSR count). The van der Waals surface area contributed by atoms with Gasteiger partial charge < -0.3 is 10.4 Å². The standard InChI is InChI=1S/C19H23FN2O3S/c1-13-5-11-16(12-6-13)26(24,25)22-19-17(20)3-2-4-18(19)21-14-7-9-15(23)10-8-14/h2-6,11-12,14-15,21-23H,7-10H2,1H3. The topological polar surface area (TPSA) is 78.4 Å². The van der Waals surface area contributed by atoms with Gasteiger partial charge in [0.2, 0.25) is 0 Å². The molecule has 26 heavy (non-hydrogen) atoms. The molecule has 2 aromatic rings. The fourth-order valence-corrected chi connectivity index (χ4v) is 4.19. The number of halogens is 1. The summed E-state index contributed by atoms with van der Waals surface area (Å²) in [4.78, 5) is 0.0816. The first-order valence-electron chi connectivity index (χ1n) is 8.68. The largest absolute Gasteiger partial charge is 0.393 e. The van der Waals surface area contributed by atoms with Crippen molar-refractivity contribution in [3.63, 3.8) is 0 Å². The molecule has 5 nitrogen and oxygen atoms in total. The fourth-order valence-electron chi connectivity index (χ4n) is 3.10. The Morgan fingerprint density at radius 1 is 1.04 bits per heavy atom. The molecule has 0 aliphatic heterocycles. The lowest BCUT2D eigenvalue weighted by molar-refractivity contribution is 0.126. The molecule has 1 fully saturated rings. The maximum absolute atomic E-state index is 14.4. The van der Waals surface area contributed by atoms with Crippen LogP contribution < -0.4 is 10.0 Å². The number of anilines is 2. The van der Waals surface area contributed by atoms with Crippen molar-refractivity contribution in [1.29, 1.82) is 0 Å². The average Bonchev–Trinajstić information content (AvgIpc) is 2.60. The van der Waals surface area contributed by atoms with E-state index in [1.54, 1.807) is 24.3 Å². The van der Waals surface area contributed by atoms with Crippen LogP contribution >= 0.6 is 0 Å². The second-order valence-electron chi connectivity index (χ2n) is 6.73. The van der Waals surface area contributed by atoms with Gasteiger partial charge in [0.15, 0.2) is 0 Å². The molecule has 3 N–H and O–H groups in total. The lowest BCUT2D eigenvalue weighted by Gasteiger charge is -2.28. The van der Waals surface area contributed by atoms with E-state index in [0.717, 1.165) is 18.4 Å². The summed E-state index contributed by atoms with van der Waals surface area (Å²) in [5, 5.41) is 12.8. The predicted molar refractivity (Wildman–Crippen MR) is 100 cm³/mol. The summed E-state index contributed by atoms with van der Waals surface area (Å²) in [6.07, 6.45) is 2.57. The highest BCUT2D eigenvalue weighted by atomic mass is 32.2. The summed E-state index contributed by atoms with van der Waals surface area (Å²) in [6, 6.07) is 10.9. The van der Waals surface area contributed by atoms with Crippen LogP contribution in [-0.2, 0) is 10.0 Å². The number of benzene rings is 2. The molecule has 140 valence electrons. The van der Waals surface area contributed by atoms with Gasteiger partial charge in [0, 0.05) is 6.04 Å². The molecular weight excluding hydrogens is 355 g/mol. The predicted octanol–water partition coefficient (Wildman–Crippen LogP) is 3.65. The van der Waals surface area contributed by atoms with E-state index < -0.39 is 15.8 Å². The quantitative estimate of drug-likeness (QED) is 0.742. The van der Waals surface area contributed by atoms with Crippen molar-refractivity contribution in [3.05, 3.63) is 53.8 Å². The first-order chi connectivity index (χ1) is 12.3. The molecule has 1 aliphatic rings. The Bertz CT molecular complexity index is 861. The third kappa shape index (κ3) is 4.34. The summed E-state index contributed by atoms with van der Waals surface area (Å²) in [5.74, 6) is -0.637. The van der Waals surface area contributed by atoms with Crippen molar-refractivity contribution in [2.75, 3.05) is 10.0 Å². The van der Waals surface area contributed by atoms with E-state index in [-0.39, 0.29) is 22.7 Å². The number of sulfonamides is 1. The van der Waals surface area contributed by atoms with E-state index >= 15 is 0 Å². The van der Waals surface area contributed by atoms with Crippen LogP contribution in [0.15, 0.2) is 47.4 Å². The van der Waals surface area contributed by atoms with Gasteiger partial charge in [-0.05, 0) is 56.9 Å². The second kappa shape index (κ2) is 7.63. The summed E-state index contributed by atoms with van der Waals surface area (Å²) >= 11 is 0. The van der Waals surface area contributed by atoms with Crippen molar-refractivity contribution < 1.29 is 17.9 Å². The van der Waals surface area contributed by atoms with Gasteiger partial charge in [0.05, 0.1) is 16.7 Å². The smallest absolute Gasteiger partial charge is 0.262 e. The molecule has 2 aromatic carbocycles. The maximum Gasteiger partial charge on any atom is 0.262 e. The number of aryl methyl sites for hydroxylation is 1. The SMILES string of the molecule is Cc1ccc(S(=O)(=O)Nc2c(F)cccc2NC2CCC(O)CC2)cc1. The Labute approximate surface area is 153 Å². The van der Waals surface area contributed by atoms with E-state index in [1.807, 2.05) is 6.92 Å². The lowest BCUT2D eigenvalue weighted by Crippen LogP contribution is -2.28. The zero-order chi connectivity index (χ0) is 18.7. The van der Waals surface area contributed by atoms with Gasteiger partial charge in [-0.1, -0.05) is 23.8 Å². The second-order valence-corrected chi connectivity index (χ2v) is 8.41. The van der Waals surface area contributed by atoms with Crippen LogP contribution in [0.5, 0.6) is 0 Å². The normalized spacial score (nSPS) is 20.6. The summed E-state index contributed by atoms with van der Waals surface area (Å²) < 4.78 is 42.0. The van der Waals surface area contributed by atoms with Gasteiger partial charge >= 0.3 is 0 Å². The minimum Gasteiger partial charge on any atom is -0.393 e. The highest BCUT2D eigenvalue weighted by Crippen LogP contribution is 2.31. The van der Waals surface area contributed by atoms with Crippen LogP contribution in [0, 0.1) is 12.7 Å². The first-order valence-corrected chi connectivity index (χ1v) is 10.2. The number of rotatable bonds is 5. The maximum atomic E-state index is 14.4. The third-order valence-electron chi connectivity index (χ3n) is 4.64. The van der Waals surface area contributed by atoms with Crippen LogP contribution in [-0.4, -0.2) is 25.7 Å². The molecule has 1 aliphatic carbocycles. The van der Waals surface area contributed by atoms with Crippen LogP contribution in [0.3, 0.4) is 0 Å². The summed E-state index contributed by atoms with van der Waals surface area (Å²) in [6.45, 7) is 1.86. The van der Waals surface area contributed by atoms with Gasteiger partial charge in [-0.3, -0.25) is 4.72 Å². The Hall–Kier alpha value is -2.12. The highest BCUT2D eigenvalue weighted by Gasteiger charge is 2.23. The molecule has 0 saturated heterocycles. The molecule has 0 unspecified atom stereocenters. The summed E-state index contributed by atoms with van der Waals surface area (Å²) in [5.41, 5.74) is 1.26. The number of para-hydroxylation sites is 1. The van der Waals surface area contributed by atoms with Crippen molar-refractivity contribution in [3.8, 4) is 0 Å². The van der Waals surface area contributed by atoms with Crippen molar-refractivity contribution in [2.45, 2.75) is 49.6 Å². The summed E-state index contributed by atoms with van der Waals surface area (Å²) in [7, 11) is -3.89. The molecule has 7 heteroatoms. The first kappa shape index (κ1) is 18.7. The molecular formula is C19H23FN2O3S. The van der Waals surface area contributed by atoms with E-state index in [0.29, 0.717) is 18.5 Å². The van der Waals surface area contributed by atoms with Gasteiger partial charge in [-0.25, -0.2) is 12.8 Å². The van der Waals surface area contributed by atoms with E-state index in [9.17, 15) is 17.9 Å². The Kier molecular flexibility index (Phi) is 5.48. The molecule has 0 radical (unpaired) electrons. The number of aliphatic hydroxyl groups excluding tert-OH is 1. The van der Waals surface area contributed by atoms with Crippen molar-refractivity contribution >= 4 is 21.4 Å². The minimum atomic E-state index is -3.89. The van der Waals surface area contributed by atoms with Gasteiger partial charge in [-0.15, -0.1) is 0 Å². The Balaban J connectivity index is 1.84. The molecule has 0 aromatic heterocycles. The third-order valence-corrected chi connectivity index (χ3v) is 6.00. The number of hydrogen-bond acceptors (Lipinski definition) is 4. The van der Waals surface area contributed by atoms with Crippen LogP contribution in [0.2, 0.25) is 0 Å². The van der Waals surface area contributed by atoms with Crippen molar-refractivity contribution in [2.24, 2.45) is 0 Å². The van der Waals surface area contributed by atoms with Crippen LogP contribution in [0.1, 0.15) is 31.2 Å². The molecule has 1 saturated carbocycles. The Morgan fingerprint density at radius 3 is 2.35 bits per heavy atom. The lowest BCUT2D eigenvalue weighted by atomic mass is 9.93. The average molecular weight is 378 g/mol. The van der Waals surface area contributed by atoms with E-state index in [4.69, 9.17) is 0 Å². The van der Waals surface area contributed by atoms with Gasteiger partial charge in [-0.2, -0.15) is 0 Å². The van der Waals surface area contributed by atoms with Gasteiger partial charge in [0.1, 0.15) is 11.5 Å². The number of hydrogen-bond donors (Lipinski definition) is 3. The Morgan fingerprint density at radius 2 is 1.69 bits per heavy atom. The van der Waals surface area contributed by atoms with Crippen LogP contribution in [0.25, 0.3) is 0 Å². The number of aliphatic hydroxyl groups is 1. The van der Waals surface area contributed by atoms with Crippen LogP contribution in [0.4, 0.5) is 15.8 Å². The zero-order valence-corrected chi connectivity index (χ0v) is 15.4. The van der Waals surface area contributed by atoms with Gasteiger partial charge in [0.25, 0.3) is 10.0 Å². The molecule has 0 heterocycles. The van der Waals surface area contributed by atoms with E-state index in [2.05, 4.69) is 10.0 Å². The zero-order valence-electron chi connectivity index (χ0n) is 14.6. The fraction of sp³-hybridized carbons (Fsp3) is 0.368. The molecule has 0 amide bonds. The molecule has 0 spiro atoms. The molecule has 0 bridgehead atoms. The molecule has 0 atom stereocenters. The highest BCUT2D eigenvalue weighted by molar-refractivity contribution is 7.92. The van der Waals surface area contributed by atoms with E-state index in [1.165, 1.54) is 18.2 Å². The number of nitrogens with one attached hydrogen (secondary N) is 2. The monoisotopic (exact) mass is 378 g/mol.